The second-order valence-corrected chi connectivity index (χ2v) is 22.8. The Labute approximate surface area is 317 Å². The van der Waals surface area contributed by atoms with Gasteiger partial charge in [0, 0.05) is 11.8 Å². The first-order valence-corrected chi connectivity index (χ1v) is 22.0. The van der Waals surface area contributed by atoms with Crippen molar-refractivity contribution in [2.24, 2.45) is 62.6 Å². The van der Waals surface area contributed by atoms with Crippen LogP contribution < -0.4 is 10.0 Å². The van der Waals surface area contributed by atoms with Gasteiger partial charge in [-0.2, -0.15) is 0 Å². The van der Waals surface area contributed by atoms with Gasteiger partial charge in [-0.1, -0.05) is 62.3 Å². The first-order valence-electron chi connectivity index (χ1n) is 20.1. The third kappa shape index (κ3) is 5.89. The van der Waals surface area contributed by atoms with Crippen molar-refractivity contribution in [2.45, 2.75) is 158 Å². The van der Waals surface area contributed by atoms with E-state index in [0.717, 1.165) is 62.3 Å². The minimum Gasteiger partial charge on any atom is -0.481 e. The number of carbonyl (C=O) groups excluding carboxylic acids is 3. The molecule has 0 bridgehead atoms. The summed E-state index contributed by atoms with van der Waals surface area (Å²) < 4.78 is 33.3. The summed E-state index contributed by atoms with van der Waals surface area (Å²) in [4.78, 5) is 53.2. The molecule has 6 aliphatic carbocycles. The SMILES string of the molecule is CC(C)C1=C2[C@H]3CC[C@@H]4[C@@]5(C)CC[C@H](OC(=O)C6C[C@@H](C(=O)O)C6(C)C)C(C)(C)[C@@H]5CC[C@@]4(C)[C@]3(C)CC[C@@]2(NC(=O)C(C)(C)NS(C)(=O)=O)CC1=O. The summed E-state index contributed by atoms with van der Waals surface area (Å²) in [7, 11) is -3.66. The standard InChI is InChI=1S/C42H66N2O8S/c1-23(2)31-27(45)22-42(43-35(49)38(7,8)44-53(12,50)51)20-19-40(10)24(32(31)42)13-14-29-39(9)17-16-30(37(5,6)28(39)15-18-41(29,40)11)52-34(48)26-21-25(33(46)47)36(26,3)4/h23-26,28-30,44H,13-22H2,1-12H3,(H,43,49)(H,46,47)/t24-,25+,26?,28+,29-,30+,39+,40-,41-,42-/m1/s1. The fourth-order valence-corrected chi connectivity index (χ4v) is 14.8. The molecule has 0 aromatic heterocycles. The Bertz CT molecular complexity index is 1750. The number of allylic oxidation sites excluding steroid dienone is 1. The van der Waals surface area contributed by atoms with E-state index in [1.165, 1.54) is 0 Å². The Morgan fingerprint density at radius 3 is 2.06 bits per heavy atom. The number of nitrogens with one attached hydrogen (secondary N) is 2. The van der Waals surface area contributed by atoms with Gasteiger partial charge in [0.15, 0.2) is 5.78 Å². The van der Waals surface area contributed by atoms with Crippen molar-refractivity contribution in [1.29, 1.82) is 0 Å². The van der Waals surface area contributed by atoms with Crippen LogP contribution >= 0.6 is 0 Å². The molecule has 0 radical (unpaired) electrons. The van der Waals surface area contributed by atoms with Gasteiger partial charge in [0.05, 0.1) is 23.6 Å². The minimum absolute atomic E-state index is 0.00104. The van der Waals surface area contributed by atoms with E-state index in [9.17, 15) is 32.7 Å². The van der Waals surface area contributed by atoms with Gasteiger partial charge in [-0.05, 0) is 128 Å². The molecular formula is C42H66N2O8S. The second-order valence-electron chi connectivity index (χ2n) is 21.0. The van der Waals surface area contributed by atoms with E-state index >= 15 is 0 Å². The van der Waals surface area contributed by atoms with Crippen LogP contribution in [0.25, 0.3) is 0 Å². The fourth-order valence-electron chi connectivity index (χ4n) is 13.8. The molecule has 0 heterocycles. The van der Waals surface area contributed by atoms with Gasteiger partial charge in [0.25, 0.3) is 0 Å². The number of carboxylic acid groups (broad SMARTS) is 1. The fraction of sp³-hybridized carbons (Fsp3) is 0.857. The first kappa shape index (κ1) is 40.4. The Balaban J connectivity index is 1.28. The molecule has 5 fully saturated rings. The predicted molar refractivity (Wildman–Crippen MR) is 203 cm³/mol. The zero-order chi connectivity index (χ0) is 39.7. The molecule has 0 aliphatic heterocycles. The van der Waals surface area contributed by atoms with Crippen molar-refractivity contribution in [2.75, 3.05) is 6.26 Å². The van der Waals surface area contributed by atoms with E-state index in [1.54, 1.807) is 13.8 Å². The molecule has 298 valence electrons. The first-order chi connectivity index (χ1) is 24.1. The number of amides is 1. The number of carboxylic acids is 1. The van der Waals surface area contributed by atoms with Gasteiger partial charge in [-0.15, -0.1) is 0 Å². The van der Waals surface area contributed by atoms with Gasteiger partial charge in [-0.3, -0.25) is 19.2 Å². The van der Waals surface area contributed by atoms with Crippen molar-refractivity contribution >= 4 is 33.7 Å². The lowest BCUT2D eigenvalue weighted by molar-refractivity contribution is -0.235. The molecule has 1 unspecified atom stereocenters. The average Bonchev–Trinajstić information content (AvgIpc) is 3.28. The number of hydrogen-bond donors (Lipinski definition) is 3. The number of Topliss-reactive ketones (excluding diaryl/α,β-unsaturated/α-hetero) is 1. The molecule has 3 N–H and O–H groups in total. The Hall–Kier alpha value is -2.27. The molecule has 1 amide bonds. The molecular weight excluding hydrogens is 693 g/mol. The van der Waals surface area contributed by atoms with Crippen molar-refractivity contribution in [3.63, 3.8) is 0 Å². The summed E-state index contributed by atoms with van der Waals surface area (Å²) >= 11 is 0. The van der Waals surface area contributed by atoms with E-state index in [-0.39, 0.29) is 57.8 Å². The number of fused-ring (bicyclic) bond motifs is 7. The second kappa shape index (κ2) is 12.4. The van der Waals surface area contributed by atoms with Crippen LogP contribution in [0.1, 0.15) is 140 Å². The lowest BCUT2D eigenvalue weighted by Gasteiger charge is -2.72. The molecule has 0 aromatic rings. The van der Waals surface area contributed by atoms with Gasteiger partial charge >= 0.3 is 11.9 Å². The van der Waals surface area contributed by atoms with Crippen LogP contribution in [0, 0.1) is 62.6 Å². The van der Waals surface area contributed by atoms with Crippen molar-refractivity contribution in [1.82, 2.24) is 10.0 Å². The number of carbonyl (C=O) groups is 4. The Kier molecular flexibility index (Phi) is 9.42. The van der Waals surface area contributed by atoms with E-state index in [1.807, 2.05) is 13.8 Å². The summed E-state index contributed by atoms with van der Waals surface area (Å²) in [5, 5.41) is 12.9. The summed E-state index contributed by atoms with van der Waals surface area (Å²) in [5.41, 5.74) is -1.29. The molecule has 0 saturated heterocycles. The monoisotopic (exact) mass is 758 g/mol. The summed E-state index contributed by atoms with van der Waals surface area (Å²) in [6.45, 7) is 23.0. The quantitative estimate of drug-likeness (QED) is 0.228. The van der Waals surface area contributed by atoms with E-state index in [4.69, 9.17) is 4.74 Å². The molecule has 5 saturated carbocycles. The van der Waals surface area contributed by atoms with Gasteiger partial charge in [0.2, 0.25) is 15.9 Å². The maximum absolute atomic E-state index is 14.0. The molecule has 6 rings (SSSR count). The maximum Gasteiger partial charge on any atom is 0.309 e. The Morgan fingerprint density at radius 2 is 1.49 bits per heavy atom. The molecule has 0 aromatic carbocycles. The lowest BCUT2D eigenvalue weighted by atomic mass is 9.33. The zero-order valence-corrected chi connectivity index (χ0v) is 35.1. The molecule has 53 heavy (non-hydrogen) atoms. The normalized spacial score (nSPS) is 41.7. The number of hydrogen-bond acceptors (Lipinski definition) is 7. The number of ether oxygens (including phenoxy) is 1. The number of rotatable bonds is 8. The van der Waals surface area contributed by atoms with Gasteiger partial charge in [0.1, 0.15) is 11.6 Å². The van der Waals surface area contributed by atoms with Crippen LogP contribution in [-0.4, -0.2) is 60.6 Å². The van der Waals surface area contributed by atoms with E-state index < -0.39 is 50.2 Å². The van der Waals surface area contributed by atoms with E-state index in [0.29, 0.717) is 24.7 Å². The van der Waals surface area contributed by atoms with Gasteiger partial charge in [-0.25, -0.2) is 13.1 Å². The van der Waals surface area contributed by atoms with Crippen LogP contribution in [0.3, 0.4) is 0 Å². The molecule has 10 atom stereocenters. The number of sulfonamides is 1. The smallest absolute Gasteiger partial charge is 0.309 e. The number of aliphatic carboxylic acids is 1. The van der Waals surface area contributed by atoms with Gasteiger partial charge < -0.3 is 15.2 Å². The molecule has 6 aliphatic rings. The predicted octanol–water partition coefficient (Wildman–Crippen LogP) is 6.82. The zero-order valence-electron chi connectivity index (χ0n) is 34.3. The summed E-state index contributed by atoms with van der Waals surface area (Å²) in [6.07, 6.45) is 8.53. The van der Waals surface area contributed by atoms with Crippen LogP contribution in [0.15, 0.2) is 11.1 Å². The largest absolute Gasteiger partial charge is 0.481 e. The maximum atomic E-state index is 14.0. The third-order valence-electron chi connectivity index (χ3n) is 16.8. The van der Waals surface area contributed by atoms with Crippen molar-refractivity contribution < 1.29 is 37.4 Å². The third-order valence-corrected chi connectivity index (χ3v) is 17.7. The van der Waals surface area contributed by atoms with Crippen molar-refractivity contribution in [3.05, 3.63) is 11.1 Å². The number of ketones is 1. The average molecular weight is 759 g/mol. The summed E-state index contributed by atoms with van der Waals surface area (Å²) in [5.74, 6) is -1.50. The highest BCUT2D eigenvalue weighted by atomic mass is 32.2. The number of esters is 1. The molecule has 10 nitrogen and oxygen atoms in total. The van der Waals surface area contributed by atoms with Crippen LogP contribution in [0.5, 0.6) is 0 Å². The molecule has 11 heteroatoms. The molecule has 0 spiro atoms. The van der Waals surface area contributed by atoms with Crippen LogP contribution in [0.2, 0.25) is 0 Å². The van der Waals surface area contributed by atoms with Crippen LogP contribution in [-0.2, 0) is 33.9 Å². The van der Waals surface area contributed by atoms with E-state index in [2.05, 4.69) is 58.5 Å². The highest BCUT2D eigenvalue weighted by Gasteiger charge is 2.70. The summed E-state index contributed by atoms with van der Waals surface area (Å²) in [6, 6.07) is 0. The van der Waals surface area contributed by atoms with Crippen LogP contribution in [0.4, 0.5) is 0 Å². The van der Waals surface area contributed by atoms with Crippen molar-refractivity contribution in [3.8, 4) is 0 Å². The Morgan fingerprint density at radius 1 is 0.849 bits per heavy atom. The minimum atomic E-state index is -3.66. The lowest BCUT2D eigenvalue weighted by Crippen LogP contribution is -2.68. The highest BCUT2D eigenvalue weighted by molar-refractivity contribution is 7.88. The topological polar surface area (TPSA) is 156 Å². The highest BCUT2D eigenvalue weighted by Crippen LogP contribution is 2.76.